The Morgan fingerprint density at radius 3 is 2.52 bits per heavy atom. The average molecular weight is 440 g/mol. The molecular formula is C20H23F3N4O4. The van der Waals surface area contributed by atoms with Crippen LogP contribution in [0.25, 0.3) is 0 Å². The normalized spacial score (nSPS) is 11.0. The van der Waals surface area contributed by atoms with Gasteiger partial charge in [-0.2, -0.15) is 13.2 Å². The molecular weight excluding hydrogens is 417 g/mol. The smallest absolute Gasteiger partial charge is 0.422 e. The van der Waals surface area contributed by atoms with Crippen molar-refractivity contribution in [2.45, 2.75) is 39.9 Å². The first-order valence-corrected chi connectivity index (χ1v) is 9.49. The van der Waals surface area contributed by atoms with Crippen molar-refractivity contribution in [3.63, 3.8) is 0 Å². The van der Waals surface area contributed by atoms with Crippen LogP contribution in [0.1, 0.15) is 41.9 Å². The number of carbonyl (C=O) groups is 2. The number of carbonyl (C=O) groups excluding carboxylic acids is 2. The summed E-state index contributed by atoms with van der Waals surface area (Å²) in [5, 5.41) is 5.29. The van der Waals surface area contributed by atoms with Crippen LogP contribution >= 0.6 is 0 Å². The van der Waals surface area contributed by atoms with Gasteiger partial charge in [-0.1, -0.05) is 6.92 Å². The van der Waals surface area contributed by atoms with Crippen LogP contribution in [0.2, 0.25) is 0 Å². The number of aromatic nitrogens is 2. The fourth-order valence-electron chi connectivity index (χ4n) is 2.47. The Bertz CT molecular complexity index is 935. The van der Waals surface area contributed by atoms with Crippen LogP contribution in [0.5, 0.6) is 11.6 Å². The maximum absolute atomic E-state index is 12.5. The molecule has 2 N–H and O–H groups in total. The van der Waals surface area contributed by atoms with Crippen molar-refractivity contribution in [3.8, 4) is 11.6 Å². The Hall–Kier alpha value is -3.37. The fraction of sp³-hybridized carbons (Fsp3) is 0.400. The number of anilines is 1. The molecule has 8 nitrogen and oxygen atoms in total. The summed E-state index contributed by atoms with van der Waals surface area (Å²) in [6, 6.07) is 4.47. The molecule has 2 aromatic rings. The van der Waals surface area contributed by atoms with E-state index in [4.69, 9.17) is 4.74 Å². The zero-order valence-electron chi connectivity index (χ0n) is 17.3. The summed E-state index contributed by atoms with van der Waals surface area (Å²) in [4.78, 5) is 32.1. The number of rotatable bonds is 9. The maximum atomic E-state index is 12.5. The molecule has 168 valence electrons. The number of ether oxygens (including phenoxy) is 2. The molecule has 11 heteroatoms. The van der Waals surface area contributed by atoms with Crippen LogP contribution in [0.4, 0.5) is 19.0 Å². The highest BCUT2D eigenvalue weighted by atomic mass is 19.4. The zero-order chi connectivity index (χ0) is 23.0. The fourth-order valence-corrected chi connectivity index (χ4v) is 2.47. The summed E-state index contributed by atoms with van der Waals surface area (Å²) in [6.45, 7) is 3.81. The van der Waals surface area contributed by atoms with Gasteiger partial charge in [0.05, 0.1) is 6.61 Å². The lowest BCUT2D eigenvalue weighted by molar-refractivity contribution is -0.154. The molecule has 2 amide bonds. The van der Waals surface area contributed by atoms with Gasteiger partial charge in [-0.05, 0) is 37.6 Å². The summed E-state index contributed by atoms with van der Waals surface area (Å²) >= 11 is 0. The summed E-state index contributed by atoms with van der Waals surface area (Å²) < 4.78 is 47.1. The quantitative estimate of drug-likeness (QED) is 0.620. The van der Waals surface area contributed by atoms with Crippen molar-refractivity contribution in [1.82, 2.24) is 15.3 Å². The molecule has 0 unspecified atom stereocenters. The molecule has 0 aliphatic rings. The predicted molar refractivity (Wildman–Crippen MR) is 106 cm³/mol. The van der Waals surface area contributed by atoms with E-state index in [0.29, 0.717) is 16.8 Å². The number of nitrogens with zero attached hydrogens (tertiary/aromatic N) is 2. The molecule has 0 fully saturated rings. The van der Waals surface area contributed by atoms with Crippen molar-refractivity contribution >= 4 is 17.6 Å². The molecule has 0 aliphatic carbocycles. The second-order valence-corrected chi connectivity index (χ2v) is 6.45. The number of nitrogens with one attached hydrogen (secondary N) is 2. The van der Waals surface area contributed by atoms with E-state index in [2.05, 4.69) is 25.3 Å². The second kappa shape index (κ2) is 10.6. The van der Waals surface area contributed by atoms with E-state index in [0.717, 1.165) is 0 Å². The molecule has 2 heterocycles. The summed E-state index contributed by atoms with van der Waals surface area (Å²) in [5.74, 6) is -0.624. The molecule has 0 bridgehead atoms. The van der Waals surface area contributed by atoms with E-state index < -0.39 is 18.7 Å². The number of hydrogen-bond donors (Lipinski definition) is 2. The van der Waals surface area contributed by atoms with Gasteiger partial charge in [0, 0.05) is 30.4 Å². The first-order valence-electron chi connectivity index (χ1n) is 9.49. The van der Waals surface area contributed by atoms with E-state index in [1.54, 1.807) is 26.8 Å². The van der Waals surface area contributed by atoms with E-state index in [1.807, 2.05) is 0 Å². The van der Waals surface area contributed by atoms with Crippen LogP contribution in [-0.2, 0) is 11.3 Å². The van der Waals surface area contributed by atoms with Crippen LogP contribution in [0.3, 0.4) is 0 Å². The first-order chi connectivity index (χ1) is 14.6. The Morgan fingerprint density at radius 1 is 1.13 bits per heavy atom. The van der Waals surface area contributed by atoms with Crippen molar-refractivity contribution in [3.05, 3.63) is 41.2 Å². The van der Waals surface area contributed by atoms with Crippen LogP contribution in [-0.4, -0.2) is 41.2 Å². The van der Waals surface area contributed by atoms with Crippen molar-refractivity contribution in [2.24, 2.45) is 0 Å². The summed E-state index contributed by atoms with van der Waals surface area (Å²) in [6.07, 6.45) is -2.94. The van der Waals surface area contributed by atoms with E-state index in [-0.39, 0.29) is 42.9 Å². The third kappa shape index (κ3) is 7.76. The van der Waals surface area contributed by atoms with Gasteiger partial charge in [0.2, 0.25) is 5.91 Å². The van der Waals surface area contributed by atoms with Crippen molar-refractivity contribution in [1.29, 1.82) is 0 Å². The molecule has 2 aromatic heterocycles. The highest BCUT2D eigenvalue weighted by Gasteiger charge is 2.29. The number of aryl methyl sites for hydroxylation is 1. The van der Waals surface area contributed by atoms with Gasteiger partial charge >= 0.3 is 6.18 Å². The lowest BCUT2D eigenvalue weighted by Gasteiger charge is -2.14. The minimum atomic E-state index is -4.50. The molecule has 0 atom stereocenters. The highest BCUT2D eigenvalue weighted by molar-refractivity contribution is 5.96. The van der Waals surface area contributed by atoms with E-state index >= 15 is 0 Å². The molecule has 31 heavy (non-hydrogen) atoms. The Labute approximate surface area is 177 Å². The van der Waals surface area contributed by atoms with Gasteiger partial charge in [-0.15, -0.1) is 0 Å². The lowest BCUT2D eigenvalue weighted by Crippen LogP contribution is -2.24. The van der Waals surface area contributed by atoms with Crippen LogP contribution in [0, 0.1) is 6.92 Å². The van der Waals surface area contributed by atoms with Gasteiger partial charge in [0.15, 0.2) is 12.4 Å². The summed E-state index contributed by atoms with van der Waals surface area (Å²) in [7, 11) is 0. The number of pyridine rings is 2. The Morgan fingerprint density at radius 2 is 1.87 bits per heavy atom. The topological polar surface area (TPSA) is 102 Å². The van der Waals surface area contributed by atoms with Gasteiger partial charge in [-0.3, -0.25) is 9.59 Å². The van der Waals surface area contributed by atoms with E-state index in [1.165, 1.54) is 18.3 Å². The van der Waals surface area contributed by atoms with Gasteiger partial charge in [0.1, 0.15) is 5.82 Å². The molecule has 0 saturated carbocycles. The minimum Gasteiger partial charge on any atom is -0.488 e. The number of alkyl halides is 3. The Balaban J connectivity index is 2.09. The summed E-state index contributed by atoms with van der Waals surface area (Å²) in [5.41, 5.74) is 1.34. The first kappa shape index (κ1) is 23.9. The number of hydrogen-bond acceptors (Lipinski definition) is 6. The molecule has 0 aromatic carbocycles. The average Bonchev–Trinajstić information content (AvgIpc) is 2.70. The molecule has 0 saturated heterocycles. The molecule has 2 rings (SSSR count). The monoisotopic (exact) mass is 440 g/mol. The van der Waals surface area contributed by atoms with Gasteiger partial charge in [0.25, 0.3) is 11.8 Å². The maximum Gasteiger partial charge on any atom is 0.422 e. The Kier molecular flexibility index (Phi) is 8.17. The highest BCUT2D eigenvalue weighted by Crippen LogP contribution is 2.27. The van der Waals surface area contributed by atoms with Gasteiger partial charge in [-0.25, -0.2) is 9.97 Å². The van der Waals surface area contributed by atoms with Crippen LogP contribution < -0.4 is 20.1 Å². The van der Waals surface area contributed by atoms with Crippen LogP contribution in [0.15, 0.2) is 24.4 Å². The molecule has 0 radical (unpaired) electrons. The van der Waals surface area contributed by atoms with Crippen molar-refractivity contribution < 1.29 is 32.2 Å². The van der Waals surface area contributed by atoms with Crippen molar-refractivity contribution in [2.75, 3.05) is 18.5 Å². The SMILES string of the molecule is CCOc1cc(CNC(=O)c2cc(C)nc(NC(=O)CC)c2)cnc1OCC(F)(F)F. The largest absolute Gasteiger partial charge is 0.488 e. The standard InChI is InChI=1S/C20H23F3N4O4/c1-4-17(28)27-16-8-14(6-12(3)26-16)18(29)24-9-13-7-15(30-5-2)19(25-10-13)31-11-20(21,22)23/h6-8,10H,4-5,9,11H2,1-3H3,(H,24,29)(H,26,27,28). The number of halogens is 3. The predicted octanol–water partition coefficient (Wildman–Crippen LogP) is 3.40. The zero-order valence-corrected chi connectivity index (χ0v) is 17.3. The van der Waals surface area contributed by atoms with Gasteiger partial charge < -0.3 is 20.1 Å². The molecule has 0 aliphatic heterocycles. The lowest BCUT2D eigenvalue weighted by atomic mass is 10.2. The third-order valence-corrected chi connectivity index (χ3v) is 3.80. The van der Waals surface area contributed by atoms with E-state index in [9.17, 15) is 22.8 Å². The second-order valence-electron chi connectivity index (χ2n) is 6.45. The third-order valence-electron chi connectivity index (χ3n) is 3.80. The molecule has 0 spiro atoms. The minimum absolute atomic E-state index is 0.0443. The number of amides is 2.